The fourth-order valence-electron chi connectivity index (χ4n) is 2.21. The molecule has 0 saturated heterocycles. The summed E-state index contributed by atoms with van der Waals surface area (Å²) in [5.74, 6) is 0.511. The molecule has 15 heavy (non-hydrogen) atoms. The smallest absolute Gasteiger partial charge is 0.0466 e. The van der Waals surface area contributed by atoms with Crippen molar-refractivity contribution in [1.82, 2.24) is 4.98 Å². The van der Waals surface area contributed by atoms with E-state index in [1.807, 2.05) is 6.20 Å². The second-order valence-electron chi connectivity index (χ2n) is 5.22. The Morgan fingerprint density at radius 2 is 2.00 bits per heavy atom. The highest BCUT2D eigenvalue weighted by molar-refractivity contribution is 5.29. The van der Waals surface area contributed by atoms with E-state index in [0.717, 1.165) is 0 Å². The van der Waals surface area contributed by atoms with Crippen LogP contribution in [0.2, 0.25) is 0 Å². The van der Waals surface area contributed by atoms with Gasteiger partial charge in [-0.1, -0.05) is 47.1 Å². The molecule has 1 nitrogen and oxygen atoms in total. The normalized spacial score (nSPS) is 12.1. The van der Waals surface area contributed by atoms with Gasteiger partial charge in [-0.15, -0.1) is 0 Å². The lowest BCUT2D eigenvalue weighted by Crippen LogP contribution is -2.20. The zero-order chi connectivity index (χ0) is 11.5. The van der Waals surface area contributed by atoms with Crippen molar-refractivity contribution >= 4 is 0 Å². The summed E-state index contributed by atoms with van der Waals surface area (Å²) in [6.45, 7) is 11.3. The second kappa shape index (κ2) is 4.78. The third kappa shape index (κ3) is 2.80. The van der Waals surface area contributed by atoms with E-state index in [-0.39, 0.29) is 5.41 Å². The van der Waals surface area contributed by atoms with Crippen molar-refractivity contribution in [1.29, 1.82) is 0 Å². The van der Waals surface area contributed by atoms with Crippen LogP contribution in [-0.2, 0) is 5.41 Å². The van der Waals surface area contributed by atoms with Gasteiger partial charge < -0.3 is 0 Å². The maximum absolute atomic E-state index is 4.53. The molecule has 0 aliphatic carbocycles. The van der Waals surface area contributed by atoms with Crippen molar-refractivity contribution in [3.8, 4) is 0 Å². The van der Waals surface area contributed by atoms with Crippen molar-refractivity contribution in [3.63, 3.8) is 0 Å². The minimum atomic E-state index is 0.253. The summed E-state index contributed by atoms with van der Waals surface area (Å²) in [7, 11) is 0. The summed E-state index contributed by atoms with van der Waals surface area (Å²) in [5, 5.41) is 0. The molecule has 0 aliphatic heterocycles. The first-order valence-corrected chi connectivity index (χ1v) is 5.94. The molecule has 0 saturated carbocycles. The van der Waals surface area contributed by atoms with Gasteiger partial charge in [0.05, 0.1) is 0 Å². The number of pyridine rings is 1. The van der Waals surface area contributed by atoms with Crippen LogP contribution >= 0.6 is 0 Å². The predicted molar refractivity (Wildman–Crippen MR) is 66.3 cm³/mol. The Kier molecular flexibility index (Phi) is 3.90. The van der Waals surface area contributed by atoms with Crippen LogP contribution in [0.1, 0.15) is 64.6 Å². The molecule has 0 bridgehead atoms. The molecular weight excluding hydrogens is 182 g/mol. The SMILES string of the molecule is CCCC(C)(C)c1cccnc1C(C)C. The van der Waals surface area contributed by atoms with Crippen LogP contribution in [0.15, 0.2) is 18.3 Å². The Balaban J connectivity index is 3.12. The molecule has 0 spiro atoms. The van der Waals surface area contributed by atoms with Gasteiger partial charge in [-0.2, -0.15) is 0 Å². The van der Waals surface area contributed by atoms with Gasteiger partial charge in [0, 0.05) is 11.9 Å². The van der Waals surface area contributed by atoms with Crippen molar-refractivity contribution in [2.24, 2.45) is 0 Å². The highest BCUT2D eigenvalue weighted by Gasteiger charge is 2.23. The molecule has 1 aromatic rings. The molecule has 0 aliphatic rings. The summed E-state index contributed by atoms with van der Waals surface area (Å²) in [6.07, 6.45) is 4.35. The molecule has 1 heterocycles. The Morgan fingerprint density at radius 1 is 1.33 bits per heavy atom. The summed E-state index contributed by atoms with van der Waals surface area (Å²) >= 11 is 0. The molecule has 0 unspecified atom stereocenters. The van der Waals surface area contributed by atoms with E-state index in [1.165, 1.54) is 24.1 Å². The standard InChI is InChI=1S/C14H23N/c1-6-9-14(4,5)12-8-7-10-15-13(12)11(2)3/h7-8,10-11H,6,9H2,1-5H3. The lowest BCUT2D eigenvalue weighted by Gasteiger charge is -2.27. The first-order chi connectivity index (χ1) is 6.99. The fourth-order valence-corrected chi connectivity index (χ4v) is 2.21. The van der Waals surface area contributed by atoms with Gasteiger partial charge >= 0.3 is 0 Å². The zero-order valence-electron chi connectivity index (χ0n) is 10.7. The Labute approximate surface area is 93.9 Å². The van der Waals surface area contributed by atoms with Gasteiger partial charge in [-0.3, -0.25) is 4.98 Å². The summed E-state index contributed by atoms with van der Waals surface area (Å²) < 4.78 is 0. The van der Waals surface area contributed by atoms with Crippen LogP contribution in [0.5, 0.6) is 0 Å². The number of hydrogen-bond acceptors (Lipinski definition) is 1. The fraction of sp³-hybridized carbons (Fsp3) is 0.643. The third-order valence-electron chi connectivity index (χ3n) is 2.99. The summed E-state index contributed by atoms with van der Waals surface area (Å²) in [4.78, 5) is 4.53. The highest BCUT2D eigenvalue weighted by atomic mass is 14.7. The van der Waals surface area contributed by atoms with Crippen molar-refractivity contribution in [2.45, 2.75) is 58.8 Å². The molecule has 0 aromatic carbocycles. The van der Waals surface area contributed by atoms with E-state index in [0.29, 0.717) is 5.92 Å². The molecule has 0 fully saturated rings. The van der Waals surface area contributed by atoms with Gasteiger partial charge in [-0.25, -0.2) is 0 Å². The lowest BCUT2D eigenvalue weighted by molar-refractivity contribution is 0.464. The molecule has 0 atom stereocenters. The monoisotopic (exact) mass is 205 g/mol. The van der Waals surface area contributed by atoms with Gasteiger partial charge in [0.2, 0.25) is 0 Å². The van der Waals surface area contributed by atoms with Gasteiger partial charge in [0.15, 0.2) is 0 Å². The maximum atomic E-state index is 4.53. The van der Waals surface area contributed by atoms with Crippen LogP contribution < -0.4 is 0 Å². The highest BCUT2D eigenvalue weighted by Crippen LogP contribution is 2.32. The topological polar surface area (TPSA) is 12.9 Å². The van der Waals surface area contributed by atoms with Crippen molar-refractivity contribution in [3.05, 3.63) is 29.6 Å². The molecule has 1 rings (SSSR count). The van der Waals surface area contributed by atoms with Crippen LogP contribution in [-0.4, -0.2) is 4.98 Å². The number of hydrogen-bond donors (Lipinski definition) is 0. The molecule has 0 N–H and O–H groups in total. The van der Waals surface area contributed by atoms with E-state index in [1.54, 1.807) is 0 Å². The van der Waals surface area contributed by atoms with Crippen LogP contribution in [0, 0.1) is 0 Å². The van der Waals surface area contributed by atoms with Gasteiger partial charge in [-0.05, 0) is 29.4 Å². The average molecular weight is 205 g/mol. The molecule has 0 amide bonds. The third-order valence-corrected chi connectivity index (χ3v) is 2.99. The maximum Gasteiger partial charge on any atom is 0.0466 e. The van der Waals surface area contributed by atoms with Crippen LogP contribution in [0.3, 0.4) is 0 Å². The van der Waals surface area contributed by atoms with Crippen molar-refractivity contribution < 1.29 is 0 Å². The minimum Gasteiger partial charge on any atom is -0.261 e. The largest absolute Gasteiger partial charge is 0.261 e. The summed E-state index contributed by atoms with van der Waals surface area (Å²) in [6, 6.07) is 4.29. The lowest BCUT2D eigenvalue weighted by atomic mass is 9.78. The second-order valence-corrected chi connectivity index (χ2v) is 5.22. The quantitative estimate of drug-likeness (QED) is 0.715. The van der Waals surface area contributed by atoms with Gasteiger partial charge in [0.25, 0.3) is 0 Å². The molecular formula is C14H23N. The van der Waals surface area contributed by atoms with Crippen molar-refractivity contribution in [2.75, 3.05) is 0 Å². The molecule has 84 valence electrons. The predicted octanol–water partition coefficient (Wildman–Crippen LogP) is 4.28. The molecule has 1 heteroatoms. The average Bonchev–Trinajstić information content (AvgIpc) is 2.17. The van der Waals surface area contributed by atoms with E-state index in [4.69, 9.17) is 0 Å². The Hall–Kier alpha value is -0.850. The van der Waals surface area contributed by atoms with E-state index >= 15 is 0 Å². The first-order valence-electron chi connectivity index (χ1n) is 5.94. The molecule has 1 aromatic heterocycles. The van der Waals surface area contributed by atoms with E-state index < -0.39 is 0 Å². The number of nitrogens with zero attached hydrogens (tertiary/aromatic N) is 1. The van der Waals surface area contributed by atoms with E-state index in [9.17, 15) is 0 Å². The zero-order valence-corrected chi connectivity index (χ0v) is 10.7. The van der Waals surface area contributed by atoms with Gasteiger partial charge in [0.1, 0.15) is 0 Å². The first kappa shape index (κ1) is 12.2. The van der Waals surface area contributed by atoms with Crippen LogP contribution in [0.25, 0.3) is 0 Å². The van der Waals surface area contributed by atoms with Crippen LogP contribution in [0.4, 0.5) is 0 Å². The minimum absolute atomic E-state index is 0.253. The molecule has 0 radical (unpaired) electrons. The Morgan fingerprint density at radius 3 is 2.53 bits per heavy atom. The van der Waals surface area contributed by atoms with E-state index in [2.05, 4.69) is 51.7 Å². The Bertz CT molecular complexity index is 313. The number of aromatic nitrogens is 1. The summed E-state index contributed by atoms with van der Waals surface area (Å²) in [5.41, 5.74) is 2.93. The number of rotatable bonds is 4.